The van der Waals surface area contributed by atoms with Crippen LogP contribution in [0.5, 0.6) is 0 Å². The molecule has 2 aromatic rings. The molecule has 8 nitrogen and oxygen atoms in total. The van der Waals surface area contributed by atoms with Gasteiger partial charge in [-0.3, -0.25) is 14.2 Å². The van der Waals surface area contributed by atoms with Gasteiger partial charge in [0.25, 0.3) is 11.5 Å². The number of fused-ring (bicyclic) bond motifs is 2. The molecule has 2 aromatic heterocycles. The molecule has 0 bridgehead atoms. The Morgan fingerprint density at radius 1 is 1.18 bits per heavy atom. The first kappa shape index (κ1) is 17.2. The fraction of sp³-hybridized carbons (Fsp3) is 0.500. The predicted molar refractivity (Wildman–Crippen MR) is 105 cm³/mol. The fourth-order valence-electron chi connectivity index (χ4n) is 5.24. The minimum atomic E-state index is -0.605. The Labute approximate surface area is 162 Å². The van der Waals surface area contributed by atoms with E-state index in [1.165, 1.54) is 25.6 Å². The molecule has 1 aliphatic heterocycles. The fourth-order valence-corrected chi connectivity index (χ4v) is 5.24. The van der Waals surface area contributed by atoms with Crippen LogP contribution in [0.15, 0.2) is 17.2 Å². The van der Waals surface area contributed by atoms with Crippen LogP contribution < -0.4 is 21.9 Å². The van der Waals surface area contributed by atoms with Gasteiger partial charge >= 0.3 is 0 Å². The molecule has 0 saturated heterocycles. The van der Waals surface area contributed by atoms with Gasteiger partial charge in [-0.15, -0.1) is 0 Å². The third-order valence-electron chi connectivity index (χ3n) is 6.91. The first-order chi connectivity index (χ1) is 13.3. The molecule has 0 aromatic carbocycles. The number of hydrogen-bond donors (Lipinski definition) is 3. The largest absolute Gasteiger partial charge is 0.383 e. The van der Waals surface area contributed by atoms with E-state index in [0.717, 1.165) is 24.8 Å². The summed E-state index contributed by atoms with van der Waals surface area (Å²) in [6.45, 7) is 3.67. The summed E-state index contributed by atoms with van der Waals surface area (Å²) in [6, 6.07) is 1.72. The first-order valence-corrected chi connectivity index (χ1v) is 9.78. The lowest BCUT2D eigenvalue weighted by atomic mass is 9.67. The number of pyridine rings is 1. The van der Waals surface area contributed by atoms with Gasteiger partial charge in [-0.1, -0.05) is 6.42 Å². The second-order valence-electron chi connectivity index (χ2n) is 8.60. The van der Waals surface area contributed by atoms with Gasteiger partial charge in [0.15, 0.2) is 0 Å². The van der Waals surface area contributed by atoms with Gasteiger partial charge in [0.2, 0.25) is 0 Å². The van der Waals surface area contributed by atoms with Crippen LogP contribution in [-0.4, -0.2) is 20.4 Å². The monoisotopic (exact) mass is 380 g/mol. The Morgan fingerprint density at radius 3 is 2.64 bits per heavy atom. The number of amides is 1. The first-order valence-electron chi connectivity index (χ1n) is 9.78. The third-order valence-corrected chi connectivity index (χ3v) is 6.91. The molecule has 1 amide bonds. The van der Waals surface area contributed by atoms with E-state index in [2.05, 4.69) is 20.6 Å². The lowest BCUT2D eigenvalue weighted by molar-refractivity contribution is 0.0864. The van der Waals surface area contributed by atoms with Crippen LogP contribution >= 0.6 is 0 Å². The molecular formula is C20H24N6O2. The van der Waals surface area contributed by atoms with Gasteiger partial charge < -0.3 is 16.4 Å². The van der Waals surface area contributed by atoms with Crippen molar-refractivity contribution < 1.29 is 4.79 Å². The van der Waals surface area contributed by atoms with Crippen LogP contribution in [-0.2, 0) is 5.66 Å². The van der Waals surface area contributed by atoms with Crippen molar-refractivity contribution >= 4 is 23.2 Å². The van der Waals surface area contributed by atoms with Crippen molar-refractivity contribution in [1.29, 1.82) is 0 Å². The highest BCUT2D eigenvalue weighted by Crippen LogP contribution is 2.58. The Hall–Kier alpha value is -2.90. The molecule has 2 fully saturated rings. The zero-order valence-corrected chi connectivity index (χ0v) is 16.1. The van der Waals surface area contributed by atoms with Crippen molar-refractivity contribution in [2.24, 2.45) is 5.41 Å². The van der Waals surface area contributed by atoms with Crippen molar-refractivity contribution in [3.05, 3.63) is 39.6 Å². The Morgan fingerprint density at radius 2 is 1.96 bits per heavy atom. The summed E-state index contributed by atoms with van der Waals surface area (Å²) in [7, 11) is 0. The summed E-state index contributed by atoms with van der Waals surface area (Å²) in [6.07, 6.45) is 7.66. The van der Waals surface area contributed by atoms with E-state index in [1.54, 1.807) is 17.6 Å². The highest BCUT2D eigenvalue weighted by atomic mass is 16.2. The second-order valence-corrected chi connectivity index (χ2v) is 8.60. The molecule has 2 saturated carbocycles. The Kier molecular flexibility index (Phi) is 3.42. The van der Waals surface area contributed by atoms with Crippen LogP contribution in [0.2, 0.25) is 0 Å². The van der Waals surface area contributed by atoms with Gasteiger partial charge in [0.05, 0.1) is 0 Å². The van der Waals surface area contributed by atoms with Gasteiger partial charge in [0, 0.05) is 5.56 Å². The topological polar surface area (TPSA) is 115 Å². The average Bonchev–Trinajstić information content (AvgIpc) is 3.15. The molecular weight excluding hydrogens is 356 g/mol. The summed E-state index contributed by atoms with van der Waals surface area (Å²) < 4.78 is 1.71. The number of rotatable bonds is 2. The number of anilines is 3. The molecule has 1 atom stereocenters. The molecule has 5 rings (SSSR count). The number of hydrogen-bond acceptors (Lipinski definition) is 6. The standard InChI is InChI=1S/C20H24N6O2/c1-11-8-13(24-16-12(2)15(21)22-10-23-16)18(28)26-14(11)17(27)25-20(26)7-6-19(9-20)4-3-5-19/h8,10H,3-7,9H2,1-2H3,(H,25,27)(H3,21,22,23,24). The molecule has 28 heavy (non-hydrogen) atoms. The maximum absolute atomic E-state index is 13.5. The van der Waals surface area contributed by atoms with Crippen LogP contribution in [0.1, 0.15) is 60.1 Å². The van der Waals surface area contributed by atoms with Crippen LogP contribution in [0.4, 0.5) is 17.3 Å². The van der Waals surface area contributed by atoms with Crippen molar-refractivity contribution in [1.82, 2.24) is 19.9 Å². The molecule has 4 N–H and O–H groups in total. The van der Waals surface area contributed by atoms with E-state index < -0.39 is 5.66 Å². The quantitative estimate of drug-likeness (QED) is 0.737. The van der Waals surface area contributed by atoms with Crippen LogP contribution in [0.25, 0.3) is 0 Å². The third kappa shape index (κ3) is 2.23. The number of carbonyl (C=O) groups excluding carboxylic acids is 1. The summed E-state index contributed by atoms with van der Waals surface area (Å²) in [5.74, 6) is 0.712. The molecule has 2 aliphatic carbocycles. The lowest BCUT2D eigenvalue weighted by Gasteiger charge is -2.40. The van der Waals surface area contributed by atoms with E-state index in [4.69, 9.17) is 5.73 Å². The minimum absolute atomic E-state index is 0.153. The van der Waals surface area contributed by atoms with E-state index in [9.17, 15) is 9.59 Å². The van der Waals surface area contributed by atoms with Gasteiger partial charge in [-0.2, -0.15) is 0 Å². The molecule has 2 spiro atoms. The van der Waals surface area contributed by atoms with E-state index in [-0.39, 0.29) is 16.9 Å². The predicted octanol–water partition coefficient (Wildman–Crippen LogP) is 2.33. The average molecular weight is 380 g/mol. The highest BCUT2D eigenvalue weighted by Gasteiger charge is 2.56. The van der Waals surface area contributed by atoms with E-state index >= 15 is 0 Å². The van der Waals surface area contributed by atoms with Crippen LogP contribution in [0.3, 0.4) is 0 Å². The normalized spacial score (nSPS) is 24.3. The summed E-state index contributed by atoms with van der Waals surface area (Å²) in [5, 5.41) is 6.28. The number of nitrogen functional groups attached to an aromatic ring is 1. The zero-order valence-electron chi connectivity index (χ0n) is 16.1. The SMILES string of the molecule is Cc1cc(Nc2ncnc(N)c2C)c(=O)n2c1C(=O)NC21CCC2(CCC2)C1. The number of carbonyl (C=O) groups is 1. The summed E-state index contributed by atoms with van der Waals surface area (Å²) in [4.78, 5) is 34.4. The Bertz CT molecular complexity index is 1070. The Balaban J connectivity index is 1.62. The van der Waals surface area contributed by atoms with Crippen molar-refractivity contribution in [3.8, 4) is 0 Å². The van der Waals surface area contributed by atoms with Crippen molar-refractivity contribution in [2.45, 2.75) is 58.0 Å². The van der Waals surface area contributed by atoms with Crippen LogP contribution in [0, 0.1) is 19.3 Å². The molecule has 146 valence electrons. The number of nitrogens with one attached hydrogen (secondary N) is 2. The summed E-state index contributed by atoms with van der Waals surface area (Å²) in [5.41, 5.74) is 7.67. The molecule has 3 heterocycles. The van der Waals surface area contributed by atoms with E-state index in [0.29, 0.717) is 28.6 Å². The number of nitrogens with zero attached hydrogens (tertiary/aromatic N) is 3. The number of aryl methyl sites for hydroxylation is 1. The van der Waals surface area contributed by atoms with Crippen molar-refractivity contribution in [2.75, 3.05) is 11.1 Å². The molecule has 8 heteroatoms. The van der Waals surface area contributed by atoms with Crippen molar-refractivity contribution in [3.63, 3.8) is 0 Å². The lowest BCUT2D eigenvalue weighted by Crippen LogP contribution is -2.47. The highest BCUT2D eigenvalue weighted by molar-refractivity contribution is 5.97. The van der Waals surface area contributed by atoms with Gasteiger partial charge in [0.1, 0.15) is 35.0 Å². The molecule has 3 aliphatic rings. The van der Waals surface area contributed by atoms with Gasteiger partial charge in [-0.25, -0.2) is 9.97 Å². The summed E-state index contributed by atoms with van der Waals surface area (Å²) >= 11 is 0. The molecule has 0 radical (unpaired) electrons. The number of nitrogens with two attached hydrogens (primary N) is 1. The zero-order chi connectivity index (χ0) is 19.7. The second kappa shape index (κ2) is 5.56. The van der Waals surface area contributed by atoms with E-state index in [1.807, 2.05) is 6.92 Å². The maximum atomic E-state index is 13.5. The molecule has 1 unspecified atom stereocenters. The minimum Gasteiger partial charge on any atom is -0.383 e. The number of aromatic nitrogens is 3. The van der Waals surface area contributed by atoms with Gasteiger partial charge in [-0.05, 0) is 63.0 Å². The smallest absolute Gasteiger partial charge is 0.276 e. The maximum Gasteiger partial charge on any atom is 0.276 e.